The molecule has 0 fully saturated rings. The summed E-state index contributed by atoms with van der Waals surface area (Å²) < 4.78 is 1.69. The minimum Gasteiger partial charge on any atom is -0.353 e. The van der Waals surface area contributed by atoms with Crippen molar-refractivity contribution in [2.75, 3.05) is 6.54 Å². The number of thioether (sulfide) groups is 1. The van der Waals surface area contributed by atoms with Gasteiger partial charge in [0.05, 0.1) is 11.8 Å². The number of rotatable bonds is 6. The Hall–Kier alpha value is -1.82. The zero-order valence-electron chi connectivity index (χ0n) is 11.6. The van der Waals surface area contributed by atoms with E-state index < -0.39 is 0 Å². The Kier molecular flexibility index (Phi) is 5.17. The van der Waals surface area contributed by atoms with Crippen LogP contribution in [0.15, 0.2) is 41.8 Å². The number of nitrogens with one attached hydrogen (secondary N) is 1. The van der Waals surface area contributed by atoms with E-state index in [2.05, 4.69) is 34.5 Å². The molecule has 0 aliphatic rings. The van der Waals surface area contributed by atoms with E-state index in [1.807, 2.05) is 19.1 Å². The van der Waals surface area contributed by atoms with Gasteiger partial charge in [0.25, 0.3) is 0 Å². The van der Waals surface area contributed by atoms with Crippen molar-refractivity contribution in [1.82, 2.24) is 20.1 Å². The van der Waals surface area contributed by atoms with Gasteiger partial charge in [0.15, 0.2) is 0 Å². The molecule has 1 atom stereocenters. The van der Waals surface area contributed by atoms with Gasteiger partial charge in [0, 0.05) is 11.4 Å². The van der Waals surface area contributed by atoms with E-state index in [1.54, 1.807) is 22.8 Å². The summed E-state index contributed by atoms with van der Waals surface area (Å²) in [5.41, 5.74) is 1.22. The molecule has 0 radical (unpaired) electrons. The number of nitrogens with zero attached hydrogens (tertiary/aromatic N) is 3. The highest BCUT2D eigenvalue weighted by Crippen LogP contribution is 2.23. The first-order valence-electron chi connectivity index (χ1n) is 6.48. The molecule has 1 N–H and O–H groups in total. The van der Waals surface area contributed by atoms with Gasteiger partial charge in [-0.05, 0) is 26.0 Å². The summed E-state index contributed by atoms with van der Waals surface area (Å²) in [6.07, 6.45) is 3.12. The minimum absolute atomic E-state index is 0.0377. The molecule has 0 saturated carbocycles. The maximum absolute atomic E-state index is 12.0. The molecule has 1 unspecified atom stereocenters. The third-order valence-corrected chi connectivity index (χ3v) is 3.92. The van der Waals surface area contributed by atoms with Crippen molar-refractivity contribution in [2.45, 2.75) is 30.5 Å². The molecule has 1 heterocycles. The number of carbonyl (C=O) groups is 1. The Labute approximate surface area is 122 Å². The molecule has 0 spiro atoms. The first kappa shape index (κ1) is 14.6. The van der Waals surface area contributed by atoms with Gasteiger partial charge in [-0.1, -0.05) is 17.7 Å². The predicted octanol–water partition coefficient (Wildman–Crippen LogP) is 1.88. The molecule has 0 saturated heterocycles. The summed E-state index contributed by atoms with van der Waals surface area (Å²) in [4.78, 5) is 16.9. The van der Waals surface area contributed by atoms with Crippen molar-refractivity contribution in [3.05, 3.63) is 42.5 Å². The molecule has 6 heteroatoms. The van der Waals surface area contributed by atoms with Crippen LogP contribution in [-0.2, 0) is 11.3 Å². The van der Waals surface area contributed by atoms with Gasteiger partial charge in [-0.15, -0.1) is 11.8 Å². The van der Waals surface area contributed by atoms with Gasteiger partial charge in [-0.25, -0.2) is 4.98 Å². The van der Waals surface area contributed by atoms with Gasteiger partial charge in [-0.3, -0.25) is 9.48 Å². The summed E-state index contributed by atoms with van der Waals surface area (Å²) in [6.45, 7) is 5.15. The summed E-state index contributed by atoms with van der Waals surface area (Å²) >= 11 is 1.56. The Balaban J connectivity index is 1.75. The summed E-state index contributed by atoms with van der Waals surface area (Å²) in [7, 11) is 0. The van der Waals surface area contributed by atoms with Crippen molar-refractivity contribution < 1.29 is 4.79 Å². The Morgan fingerprint density at radius 1 is 1.40 bits per heavy atom. The van der Waals surface area contributed by atoms with Gasteiger partial charge in [0.2, 0.25) is 5.91 Å². The fourth-order valence-corrected chi connectivity index (χ4v) is 2.55. The third-order valence-electron chi connectivity index (χ3n) is 2.81. The number of benzene rings is 1. The first-order valence-corrected chi connectivity index (χ1v) is 7.36. The fraction of sp³-hybridized carbons (Fsp3) is 0.357. The highest BCUT2D eigenvalue weighted by atomic mass is 32.2. The predicted molar refractivity (Wildman–Crippen MR) is 79.5 cm³/mol. The molecule has 1 aromatic heterocycles. The molecular formula is C14H18N4OS. The molecule has 5 nitrogen and oxygen atoms in total. The van der Waals surface area contributed by atoms with Crippen LogP contribution in [0.3, 0.4) is 0 Å². The molecule has 2 aromatic rings. The molecule has 0 bridgehead atoms. The van der Waals surface area contributed by atoms with E-state index in [-0.39, 0.29) is 11.2 Å². The Morgan fingerprint density at radius 3 is 2.80 bits per heavy atom. The average Bonchev–Trinajstić information content (AvgIpc) is 2.94. The molecule has 1 amide bonds. The summed E-state index contributed by atoms with van der Waals surface area (Å²) in [5.74, 6) is 0.0377. The van der Waals surface area contributed by atoms with Crippen LogP contribution in [0.4, 0.5) is 0 Å². The third kappa shape index (κ3) is 4.38. The highest BCUT2D eigenvalue weighted by molar-refractivity contribution is 8.00. The Bertz CT molecular complexity index is 539. The lowest BCUT2D eigenvalue weighted by Crippen LogP contribution is -2.33. The van der Waals surface area contributed by atoms with Crippen molar-refractivity contribution in [1.29, 1.82) is 0 Å². The monoisotopic (exact) mass is 290 g/mol. The summed E-state index contributed by atoms with van der Waals surface area (Å²) in [5, 5.41) is 6.77. The molecular weight excluding hydrogens is 272 g/mol. The van der Waals surface area contributed by atoms with E-state index in [0.29, 0.717) is 13.1 Å². The van der Waals surface area contributed by atoms with Crippen molar-refractivity contribution in [3.8, 4) is 0 Å². The maximum atomic E-state index is 12.0. The van der Waals surface area contributed by atoms with Crippen LogP contribution in [0.25, 0.3) is 0 Å². The second-order valence-electron chi connectivity index (χ2n) is 4.52. The van der Waals surface area contributed by atoms with E-state index in [1.165, 1.54) is 11.9 Å². The van der Waals surface area contributed by atoms with Gasteiger partial charge in [0.1, 0.15) is 12.7 Å². The van der Waals surface area contributed by atoms with E-state index in [0.717, 1.165) is 4.90 Å². The molecule has 0 aliphatic heterocycles. The van der Waals surface area contributed by atoms with Crippen LogP contribution in [0.2, 0.25) is 0 Å². The fourth-order valence-electron chi connectivity index (χ4n) is 1.66. The standard InChI is InChI=1S/C14H18N4OS/c1-11-3-5-13(6-4-11)20-12(2)14(19)16-7-8-18-10-15-9-17-18/h3-6,9-10,12H,7-8H2,1-2H3,(H,16,19). The van der Waals surface area contributed by atoms with Crippen LogP contribution < -0.4 is 5.32 Å². The normalized spacial score (nSPS) is 12.1. The lowest BCUT2D eigenvalue weighted by atomic mass is 10.2. The quantitative estimate of drug-likeness (QED) is 0.825. The molecule has 1 aromatic carbocycles. The Morgan fingerprint density at radius 2 is 2.15 bits per heavy atom. The van der Waals surface area contributed by atoms with Crippen LogP contribution in [0.5, 0.6) is 0 Å². The maximum Gasteiger partial charge on any atom is 0.233 e. The van der Waals surface area contributed by atoms with Gasteiger partial charge < -0.3 is 5.32 Å². The highest BCUT2D eigenvalue weighted by Gasteiger charge is 2.13. The second kappa shape index (κ2) is 7.09. The van der Waals surface area contributed by atoms with Crippen molar-refractivity contribution >= 4 is 17.7 Å². The number of aromatic nitrogens is 3. The van der Waals surface area contributed by atoms with E-state index >= 15 is 0 Å². The topological polar surface area (TPSA) is 59.8 Å². The lowest BCUT2D eigenvalue weighted by Gasteiger charge is -2.12. The number of aryl methyl sites for hydroxylation is 1. The zero-order chi connectivity index (χ0) is 14.4. The number of hydrogen-bond acceptors (Lipinski definition) is 4. The van der Waals surface area contributed by atoms with Crippen LogP contribution in [0, 0.1) is 6.92 Å². The van der Waals surface area contributed by atoms with Gasteiger partial charge >= 0.3 is 0 Å². The lowest BCUT2D eigenvalue weighted by molar-refractivity contribution is -0.120. The molecule has 20 heavy (non-hydrogen) atoms. The molecule has 0 aliphatic carbocycles. The molecule has 106 valence electrons. The minimum atomic E-state index is -0.117. The summed E-state index contributed by atoms with van der Waals surface area (Å²) in [6, 6.07) is 8.19. The smallest absolute Gasteiger partial charge is 0.233 e. The average molecular weight is 290 g/mol. The largest absolute Gasteiger partial charge is 0.353 e. The zero-order valence-corrected chi connectivity index (χ0v) is 12.4. The number of hydrogen-bond donors (Lipinski definition) is 1. The van der Waals surface area contributed by atoms with Crippen LogP contribution in [0.1, 0.15) is 12.5 Å². The number of carbonyl (C=O) groups excluding carboxylic acids is 1. The van der Waals surface area contributed by atoms with Crippen molar-refractivity contribution in [3.63, 3.8) is 0 Å². The molecule has 2 rings (SSSR count). The SMILES string of the molecule is Cc1ccc(SC(C)C(=O)NCCn2cncn2)cc1. The van der Waals surface area contributed by atoms with E-state index in [4.69, 9.17) is 0 Å². The number of amides is 1. The first-order chi connectivity index (χ1) is 9.65. The van der Waals surface area contributed by atoms with Crippen LogP contribution in [-0.4, -0.2) is 32.5 Å². The van der Waals surface area contributed by atoms with Crippen LogP contribution >= 0.6 is 11.8 Å². The van der Waals surface area contributed by atoms with E-state index in [9.17, 15) is 4.79 Å². The van der Waals surface area contributed by atoms with Crippen molar-refractivity contribution in [2.24, 2.45) is 0 Å². The van der Waals surface area contributed by atoms with Gasteiger partial charge in [-0.2, -0.15) is 5.10 Å². The second-order valence-corrected chi connectivity index (χ2v) is 5.94.